The number of hydrogen-bond donors (Lipinski definition) is 1. The number of fused-ring (bicyclic) bond motifs is 1. The molecule has 0 spiro atoms. The zero-order valence-corrected chi connectivity index (χ0v) is 12.9. The number of nitrogens with one attached hydrogen (secondary N) is 1. The van der Waals surface area contributed by atoms with Crippen molar-refractivity contribution in [3.05, 3.63) is 36.0 Å². The second-order valence-corrected chi connectivity index (χ2v) is 5.60. The van der Waals surface area contributed by atoms with Crippen molar-refractivity contribution >= 4 is 16.8 Å². The fraction of sp³-hybridized carbons (Fsp3) is 0.471. The van der Waals surface area contributed by atoms with Crippen LogP contribution in [0, 0.1) is 0 Å². The van der Waals surface area contributed by atoms with Crippen LogP contribution in [0.3, 0.4) is 0 Å². The van der Waals surface area contributed by atoms with Gasteiger partial charge in [-0.05, 0) is 18.9 Å². The van der Waals surface area contributed by atoms with E-state index in [-0.39, 0.29) is 12.0 Å². The molecule has 0 bridgehead atoms. The number of likely N-dealkylation sites (tertiary alicyclic amines) is 1. The van der Waals surface area contributed by atoms with Crippen LogP contribution in [0.15, 0.2) is 30.5 Å². The van der Waals surface area contributed by atoms with Crippen LogP contribution in [-0.4, -0.2) is 55.3 Å². The quantitative estimate of drug-likeness (QED) is 0.863. The Labute approximate surface area is 130 Å². The molecule has 0 radical (unpaired) electrons. The normalized spacial score (nSPS) is 16.3. The molecule has 1 aliphatic heterocycles. The minimum absolute atomic E-state index is 0.104. The van der Waals surface area contributed by atoms with Gasteiger partial charge in [-0.25, -0.2) is 0 Å². The maximum absolute atomic E-state index is 12.7. The number of rotatable bonds is 5. The Bertz CT molecular complexity index is 630. The van der Waals surface area contributed by atoms with Gasteiger partial charge in [-0.15, -0.1) is 0 Å². The number of benzene rings is 1. The smallest absolute Gasteiger partial charge is 0.256 e. The minimum atomic E-state index is 0.104. The Kier molecular flexibility index (Phi) is 4.75. The van der Waals surface area contributed by atoms with Crippen LogP contribution < -0.4 is 0 Å². The van der Waals surface area contributed by atoms with Crippen molar-refractivity contribution in [3.8, 4) is 0 Å². The van der Waals surface area contributed by atoms with Gasteiger partial charge in [0.25, 0.3) is 5.91 Å². The van der Waals surface area contributed by atoms with Gasteiger partial charge in [-0.1, -0.05) is 18.2 Å². The second kappa shape index (κ2) is 6.94. The summed E-state index contributed by atoms with van der Waals surface area (Å²) in [6.07, 6.45) is 3.83. The average Bonchev–Trinajstić information content (AvgIpc) is 2.99. The molecule has 1 aromatic carbocycles. The third kappa shape index (κ3) is 3.15. The summed E-state index contributed by atoms with van der Waals surface area (Å²) in [6, 6.07) is 7.90. The molecule has 0 saturated carbocycles. The zero-order chi connectivity index (χ0) is 15.4. The molecule has 5 nitrogen and oxygen atoms in total. The molecule has 2 heterocycles. The van der Waals surface area contributed by atoms with Crippen LogP contribution in [-0.2, 0) is 9.47 Å². The van der Waals surface area contributed by atoms with Crippen LogP contribution in [0.25, 0.3) is 10.9 Å². The SMILES string of the molecule is COCCOC1CCN(C(=O)c2c[nH]c3ccccc23)CC1. The van der Waals surface area contributed by atoms with E-state index in [4.69, 9.17) is 9.47 Å². The van der Waals surface area contributed by atoms with E-state index < -0.39 is 0 Å². The Morgan fingerprint density at radius 3 is 2.82 bits per heavy atom. The molecule has 22 heavy (non-hydrogen) atoms. The predicted molar refractivity (Wildman–Crippen MR) is 85.1 cm³/mol. The molecular formula is C17H22N2O3. The summed E-state index contributed by atoms with van der Waals surface area (Å²) in [5.41, 5.74) is 1.76. The van der Waals surface area contributed by atoms with Crippen molar-refractivity contribution in [2.24, 2.45) is 0 Å². The molecule has 1 saturated heterocycles. The van der Waals surface area contributed by atoms with Crippen molar-refractivity contribution in [3.63, 3.8) is 0 Å². The number of methoxy groups -OCH3 is 1. The molecule has 0 aliphatic carbocycles. The third-order valence-corrected chi connectivity index (χ3v) is 4.19. The fourth-order valence-corrected chi connectivity index (χ4v) is 2.94. The van der Waals surface area contributed by atoms with Crippen LogP contribution in [0.1, 0.15) is 23.2 Å². The van der Waals surface area contributed by atoms with Gasteiger partial charge in [0, 0.05) is 37.3 Å². The van der Waals surface area contributed by atoms with E-state index in [9.17, 15) is 4.79 Å². The predicted octanol–water partition coefficient (Wildman–Crippen LogP) is 2.44. The van der Waals surface area contributed by atoms with E-state index in [0.717, 1.165) is 42.4 Å². The second-order valence-electron chi connectivity index (χ2n) is 5.60. The van der Waals surface area contributed by atoms with Gasteiger partial charge in [-0.2, -0.15) is 0 Å². The number of hydrogen-bond acceptors (Lipinski definition) is 3. The van der Waals surface area contributed by atoms with Crippen molar-refractivity contribution in [1.82, 2.24) is 9.88 Å². The summed E-state index contributed by atoms with van der Waals surface area (Å²) in [4.78, 5) is 17.8. The highest BCUT2D eigenvalue weighted by atomic mass is 16.5. The zero-order valence-electron chi connectivity index (χ0n) is 12.9. The highest BCUT2D eigenvalue weighted by Gasteiger charge is 2.25. The van der Waals surface area contributed by atoms with E-state index in [2.05, 4.69) is 4.98 Å². The Morgan fingerprint density at radius 1 is 1.27 bits per heavy atom. The number of H-pyrrole nitrogens is 1. The number of carbonyl (C=O) groups excluding carboxylic acids is 1. The van der Waals surface area contributed by atoms with E-state index >= 15 is 0 Å². The number of nitrogens with zero attached hydrogens (tertiary/aromatic N) is 1. The van der Waals surface area contributed by atoms with Gasteiger partial charge in [-0.3, -0.25) is 4.79 Å². The summed E-state index contributed by atoms with van der Waals surface area (Å²) < 4.78 is 10.7. The minimum Gasteiger partial charge on any atom is -0.382 e. The molecule has 1 aromatic heterocycles. The van der Waals surface area contributed by atoms with Crippen molar-refractivity contribution in [2.45, 2.75) is 18.9 Å². The van der Waals surface area contributed by atoms with Gasteiger partial charge in [0.2, 0.25) is 0 Å². The standard InChI is InChI=1S/C17H22N2O3/c1-21-10-11-22-13-6-8-19(9-7-13)17(20)15-12-18-16-5-3-2-4-14(15)16/h2-5,12-13,18H,6-11H2,1H3. The van der Waals surface area contributed by atoms with E-state index in [1.807, 2.05) is 35.4 Å². The first-order chi connectivity index (χ1) is 10.8. The first-order valence-corrected chi connectivity index (χ1v) is 7.75. The van der Waals surface area contributed by atoms with Gasteiger partial charge in [0.05, 0.1) is 24.9 Å². The lowest BCUT2D eigenvalue weighted by molar-refractivity contribution is -0.0122. The van der Waals surface area contributed by atoms with Gasteiger partial charge in [0.15, 0.2) is 0 Å². The van der Waals surface area contributed by atoms with E-state index in [0.29, 0.717) is 13.2 Å². The van der Waals surface area contributed by atoms with E-state index in [1.54, 1.807) is 7.11 Å². The third-order valence-electron chi connectivity index (χ3n) is 4.19. The number of ether oxygens (including phenoxy) is 2. The summed E-state index contributed by atoms with van der Waals surface area (Å²) in [5, 5.41) is 0.992. The van der Waals surface area contributed by atoms with E-state index in [1.165, 1.54) is 0 Å². The first kappa shape index (κ1) is 15.1. The molecule has 2 aromatic rings. The average molecular weight is 302 g/mol. The summed E-state index contributed by atoms with van der Waals surface area (Å²) in [6.45, 7) is 2.73. The Hall–Kier alpha value is -1.85. The molecule has 1 fully saturated rings. The molecule has 1 N–H and O–H groups in total. The van der Waals surface area contributed by atoms with Crippen LogP contribution in [0.2, 0.25) is 0 Å². The van der Waals surface area contributed by atoms with Crippen molar-refractivity contribution in [1.29, 1.82) is 0 Å². The molecule has 1 aliphatic rings. The van der Waals surface area contributed by atoms with Crippen LogP contribution in [0.4, 0.5) is 0 Å². The molecule has 3 rings (SSSR count). The Balaban J connectivity index is 1.60. The molecular weight excluding hydrogens is 280 g/mol. The van der Waals surface area contributed by atoms with Crippen LogP contribution in [0.5, 0.6) is 0 Å². The maximum Gasteiger partial charge on any atom is 0.256 e. The lowest BCUT2D eigenvalue weighted by atomic mass is 10.1. The van der Waals surface area contributed by atoms with Crippen molar-refractivity contribution < 1.29 is 14.3 Å². The number of para-hydroxylation sites is 1. The molecule has 118 valence electrons. The van der Waals surface area contributed by atoms with Crippen LogP contribution >= 0.6 is 0 Å². The number of amides is 1. The van der Waals surface area contributed by atoms with Crippen molar-refractivity contribution in [2.75, 3.05) is 33.4 Å². The number of aromatic amines is 1. The molecule has 5 heteroatoms. The highest BCUT2D eigenvalue weighted by molar-refractivity contribution is 6.06. The maximum atomic E-state index is 12.7. The summed E-state index contributed by atoms with van der Waals surface area (Å²) >= 11 is 0. The van der Waals surface area contributed by atoms with Gasteiger partial charge < -0.3 is 19.4 Å². The van der Waals surface area contributed by atoms with Gasteiger partial charge in [0.1, 0.15) is 0 Å². The van der Waals surface area contributed by atoms with Gasteiger partial charge >= 0.3 is 0 Å². The largest absolute Gasteiger partial charge is 0.382 e. The molecule has 0 unspecified atom stereocenters. The summed E-state index contributed by atoms with van der Waals surface area (Å²) in [7, 11) is 1.67. The number of aromatic nitrogens is 1. The lowest BCUT2D eigenvalue weighted by Crippen LogP contribution is -2.41. The summed E-state index contributed by atoms with van der Waals surface area (Å²) in [5.74, 6) is 0.104. The fourth-order valence-electron chi connectivity index (χ4n) is 2.94. The lowest BCUT2D eigenvalue weighted by Gasteiger charge is -2.31. The first-order valence-electron chi connectivity index (χ1n) is 7.75. The number of piperidine rings is 1. The number of carbonyl (C=O) groups is 1. The highest BCUT2D eigenvalue weighted by Crippen LogP contribution is 2.22. The Morgan fingerprint density at radius 2 is 2.05 bits per heavy atom. The topological polar surface area (TPSA) is 54.6 Å². The molecule has 0 atom stereocenters. The molecule has 1 amide bonds. The monoisotopic (exact) mass is 302 g/mol.